The van der Waals surface area contributed by atoms with E-state index in [1.807, 2.05) is 24.3 Å². The highest BCUT2D eigenvalue weighted by molar-refractivity contribution is 5.98. The van der Waals surface area contributed by atoms with Gasteiger partial charge in [0.05, 0.1) is 11.4 Å². The van der Waals surface area contributed by atoms with E-state index in [2.05, 4.69) is 6.58 Å². The molecule has 0 bridgehead atoms. The number of amides is 1. The smallest absolute Gasteiger partial charge is 0.228 e. The summed E-state index contributed by atoms with van der Waals surface area (Å²) in [6.45, 7) is 6.89. The van der Waals surface area contributed by atoms with Crippen LogP contribution in [0.2, 0.25) is 0 Å². The number of hydrogen-bond donors (Lipinski definition) is 1. The van der Waals surface area contributed by atoms with Gasteiger partial charge in [0.15, 0.2) is 0 Å². The highest BCUT2D eigenvalue weighted by Crippen LogP contribution is 2.45. The third-order valence-corrected chi connectivity index (χ3v) is 2.82. The molecule has 1 amide bonds. The molecule has 15 heavy (non-hydrogen) atoms. The molecule has 1 aromatic carbocycles. The second kappa shape index (κ2) is 2.94. The third-order valence-electron chi connectivity index (χ3n) is 2.82. The summed E-state index contributed by atoms with van der Waals surface area (Å²) in [6, 6.07) is 7.29. The molecule has 0 aromatic heterocycles. The number of para-hydroxylation sites is 1. The van der Waals surface area contributed by atoms with Crippen molar-refractivity contribution < 1.29 is 9.90 Å². The van der Waals surface area contributed by atoms with Gasteiger partial charge in [0, 0.05) is 12.5 Å². The molecule has 78 valence electrons. The van der Waals surface area contributed by atoms with Crippen molar-refractivity contribution in [3.05, 3.63) is 42.1 Å². The van der Waals surface area contributed by atoms with Crippen molar-refractivity contribution in [2.45, 2.75) is 19.4 Å². The minimum absolute atomic E-state index is 0.134. The number of fused-ring (bicyclic) bond motifs is 1. The quantitative estimate of drug-likeness (QED) is 0.698. The number of anilines is 1. The van der Waals surface area contributed by atoms with Gasteiger partial charge in [0.2, 0.25) is 5.91 Å². The molecule has 1 heterocycles. The van der Waals surface area contributed by atoms with E-state index in [1.165, 1.54) is 11.8 Å². The van der Waals surface area contributed by atoms with Crippen molar-refractivity contribution in [3.63, 3.8) is 0 Å². The minimum atomic E-state index is -1.15. The van der Waals surface area contributed by atoms with Gasteiger partial charge >= 0.3 is 0 Å². The van der Waals surface area contributed by atoms with Gasteiger partial charge in [-0.3, -0.25) is 9.69 Å². The predicted octanol–water partition coefficient (Wildman–Crippen LogP) is 1.77. The first-order chi connectivity index (χ1) is 6.96. The van der Waals surface area contributed by atoms with E-state index in [0.717, 1.165) is 11.3 Å². The average Bonchev–Trinajstić information content (AvgIpc) is 2.36. The van der Waals surface area contributed by atoms with Gasteiger partial charge in [-0.1, -0.05) is 24.8 Å². The predicted molar refractivity (Wildman–Crippen MR) is 58.3 cm³/mol. The van der Waals surface area contributed by atoms with E-state index in [9.17, 15) is 9.90 Å². The van der Waals surface area contributed by atoms with Gasteiger partial charge < -0.3 is 5.11 Å². The topological polar surface area (TPSA) is 40.5 Å². The van der Waals surface area contributed by atoms with Crippen molar-refractivity contribution in [2.75, 3.05) is 4.90 Å². The number of carbonyl (C=O) groups excluding carboxylic acids is 1. The van der Waals surface area contributed by atoms with Crippen LogP contribution < -0.4 is 4.90 Å². The largest absolute Gasteiger partial charge is 0.379 e. The lowest BCUT2D eigenvalue weighted by Crippen LogP contribution is -2.30. The van der Waals surface area contributed by atoms with Crippen LogP contribution in [0.3, 0.4) is 0 Å². The molecule has 1 atom stereocenters. The fourth-order valence-electron chi connectivity index (χ4n) is 1.96. The van der Waals surface area contributed by atoms with Gasteiger partial charge in [-0.05, 0) is 13.0 Å². The molecule has 0 spiro atoms. The Kier molecular flexibility index (Phi) is 1.94. The molecule has 1 aliphatic rings. The number of aliphatic hydroxyl groups is 1. The molecule has 0 radical (unpaired) electrons. The van der Waals surface area contributed by atoms with Crippen LogP contribution in [0.4, 0.5) is 5.69 Å². The maximum absolute atomic E-state index is 11.5. The lowest BCUT2D eigenvalue weighted by atomic mass is 9.96. The molecule has 1 unspecified atom stereocenters. The zero-order chi connectivity index (χ0) is 11.2. The van der Waals surface area contributed by atoms with Crippen molar-refractivity contribution in [3.8, 4) is 0 Å². The maximum Gasteiger partial charge on any atom is 0.228 e. The van der Waals surface area contributed by atoms with E-state index < -0.39 is 5.60 Å². The second-order valence-corrected chi connectivity index (χ2v) is 3.89. The number of rotatable bonds is 0. The summed E-state index contributed by atoms with van der Waals surface area (Å²) in [5, 5.41) is 10.2. The molecular formula is C12H13NO2. The van der Waals surface area contributed by atoms with Crippen LogP contribution in [0.15, 0.2) is 36.5 Å². The average molecular weight is 203 g/mol. The molecule has 0 saturated carbocycles. The van der Waals surface area contributed by atoms with Crippen LogP contribution in [0.25, 0.3) is 0 Å². The lowest BCUT2D eigenvalue weighted by Gasteiger charge is -2.21. The summed E-state index contributed by atoms with van der Waals surface area (Å²) < 4.78 is 0. The molecule has 3 heteroatoms. The van der Waals surface area contributed by atoms with E-state index in [-0.39, 0.29) is 5.91 Å². The van der Waals surface area contributed by atoms with Crippen molar-refractivity contribution in [2.24, 2.45) is 0 Å². The Morgan fingerprint density at radius 2 is 2.07 bits per heavy atom. The first kappa shape index (κ1) is 9.93. The van der Waals surface area contributed by atoms with Crippen molar-refractivity contribution in [1.29, 1.82) is 0 Å². The van der Waals surface area contributed by atoms with E-state index in [1.54, 1.807) is 6.92 Å². The van der Waals surface area contributed by atoms with Gasteiger partial charge in [0.25, 0.3) is 0 Å². The van der Waals surface area contributed by atoms with Crippen molar-refractivity contribution in [1.82, 2.24) is 0 Å². The van der Waals surface area contributed by atoms with Crippen LogP contribution in [0.1, 0.15) is 19.4 Å². The Morgan fingerprint density at radius 3 is 2.67 bits per heavy atom. The summed E-state index contributed by atoms with van der Waals surface area (Å²) in [4.78, 5) is 12.9. The maximum atomic E-state index is 11.5. The van der Waals surface area contributed by atoms with Crippen LogP contribution in [0, 0.1) is 0 Å². The van der Waals surface area contributed by atoms with E-state index in [0.29, 0.717) is 5.70 Å². The molecule has 1 aromatic rings. The summed E-state index contributed by atoms with van der Waals surface area (Å²) in [5.41, 5.74) is 0.712. The molecule has 1 N–H and O–H groups in total. The monoisotopic (exact) mass is 203 g/mol. The third kappa shape index (κ3) is 1.20. The molecule has 1 aliphatic heterocycles. The fraction of sp³-hybridized carbons (Fsp3) is 0.250. The van der Waals surface area contributed by atoms with Crippen LogP contribution >= 0.6 is 0 Å². The number of benzene rings is 1. The Balaban J connectivity index is 2.67. The Labute approximate surface area is 88.6 Å². The Morgan fingerprint density at radius 1 is 1.47 bits per heavy atom. The zero-order valence-corrected chi connectivity index (χ0v) is 8.82. The van der Waals surface area contributed by atoms with Gasteiger partial charge in [0.1, 0.15) is 5.60 Å². The zero-order valence-electron chi connectivity index (χ0n) is 8.82. The summed E-state index contributed by atoms with van der Waals surface area (Å²) in [5.74, 6) is -0.134. The molecule has 0 aliphatic carbocycles. The highest BCUT2D eigenvalue weighted by atomic mass is 16.3. The number of nitrogens with zero attached hydrogens (tertiary/aromatic N) is 1. The van der Waals surface area contributed by atoms with Gasteiger partial charge in [-0.15, -0.1) is 0 Å². The van der Waals surface area contributed by atoms with Gasteiger partial charge in [-0.2, -0.15) is 0 Å². The second-order valence-electron chi connectivity index (χ2n) is 3.89. The lowest BCUT2D eigenvalue weighted by molar-refractivity contribution is -0.116. The van der Waals surface area contributed by atoms with Crippen LogP contribution in [-0.4, -0.2) is 11.0 Å². The first-order valence-corrected chi connectivity index (χ1v) is 4.78. The molecule has 0 saturated heterocycles. The fourth-order valence-corrected chi connectivity index (χ4v) is 1.96. The normalized spacial score (nSPS) is 24.2. The minimum Gasteiger partial charge on any atom is -0.379 e. The Hall–Kier alpha value is -1.61. The SMILES string of the molecule is C=C1N(C(C)=O)c2ccccc2C1(C)O. The number of hydrogen-bond acceptors (Lipinski definition) is 2. The molecule has 0 fully saturated rings. The summed E-state index contributed by atoms with van der Waals surface area (Å²) in [6.07, 6.45) is 0. The van der Waals surface area contributed by atoms with E-state index in [4.69, 9.17) is 0 Å². The molecular weight excluding hydrogens is 190 g/mol. The van der Waals surface area contributed by atoms with Crippen molar-refractivity contribution >= 4 is 11.6 Å². The summed E-state index contributed by atoms with van der Waals surface area (Å²) in [7, 11) is 0. The van der Waals surface area contributed by atoms with E-state index >= 15 is 0 Å². The van der Waals surface area contributed by atoms with Crippen LogP contribution in [-0.2, 0) is 10.4 Å². The first-order valence-electron chi connectivity index (χ1n) is 4.78. The molecule has 3 nitrogen and oxygen atoms in total. The number of carbonyl (C=O) groups is 1. The van der Waals surface area contributed by atoms with Gasteiger partial charge in [-0.25, -0.2) is 0 Å². The summed E-state index contributed by atoms with van der Waals surface area (Å²) >= 11 is 0. The Bertz CT molecular complexity index is 449. The highest BCUT2D eigenvalue weighted by Gasteiger charge is 2.42. The standard InChI is InChI=1S/C12H13NO2/c1-8-12(3,15)10-6-4-5-7-11(10)13(8)9(2)14/h4-7,15H,1H2,2-3H3. The molecule has 2 rings (SSSR count). The van der Waals surface area contributed by atoms with Crippen LogP contribution in [0.5, 0.6) is 0 Å².